The van der Waals surface area contributed by atoms with Crippen LogP contribution in [0.1, 0.15) is 232 Å². The maximum absolute atomic E-state index is 16.0. The van der Waals surface area contributed by atoms with Crippen LogP contribution in [0, 0.1) is 11.8 Å². The first-order chi connectivity index (χ1) is 25.0. The molecule has 2 aromatic rings. The van der Waals surface area contributed by atoms with E-state index < -0.39 is 17.6 Å². The van der Waals surface area contributed by atoms with Crippen LogP contribution in [-0.2, 0) is 11.8 Å². The molecule has 0 saturated heterocycles. The monoisotopic (exact) mass is 727 g/mol. The predicted octanol–water partition coefficient (Wildman–Crippen LogP) is 16.0. The summed E-state index contributed by atoms with van der Waals surface area (Å²) in [6.07, 6.45) is 23.2. The van der Waals surface area contributed by atoms with Gasteiger partial charge in [-0.2, -0.15) is 0 Å². The van der Waals surface area contributed by atoms with Crippen molar-refractivity contribution < 1.29 is 22.4 Å². The van der Waals surface area contributed by atoms with E-state index in [4.69, 9.17) is 0 Å². The standard InChI is InChI=1S/C47H70F4O/c1-5-9-11-13-15-17-35-19-23-37(24-20-35)39-27-29-41(43(33-39)46(48,49)31-7-3)45(52)42-30-28-40(34-44(42)47(50,51)32-8-4)38-25-21-36(22-26-38)18-16-14-12-10-6-2/h27-30,33-38H,5-26,31-32H2,1-4H3. The third-order valence-corrected chi connectivity index (χ3v) is 12.6. The average Bonchev–Trinajstić information content (AvgIpc) is 3.14. The fourth-order valence-electron chi connectivity index (χ4n) is 9.32. The van der Waals surface area contributed by atoms with Crippen LogP contribution in [-0.4, -0.2) is 5.78 Å². The van der Waals surface area contributed by atoms with Gasteiger partial charge in [-0.25, -0.2) is 17.6 Å². The molecule has 0 heterocycles. The molecule has 2 aliphatic carbocycles. The zero-order valence-electron chi connectivity index (χ0n) is 33.2. The highest BCUT2D eigenvalue weighted by Gasteiger charge is 2.39. The van der Waals surface area contributed by atoms with Crippen LogP contribution in [0.4, 0.5) is 17.6 Å². The number of alkyl halides is 4. The number of unbranched alkanes of at least 4 members (excludes halogenated alkanes) is 8. The van der Waals surface area contributed by atoms with E-state index in [0.29, 0.717) is 11.8 Å². The SMILES string of the molecule is CCCCCCCC1CCC(c2ccc(C(=O)c3ccc(C4CCC(CCCCCCC)CC4)cc3C(F)(F)CCC)c(C(F)(F)CCC)c2)CC1. The van der Waals surface area contributed by atoms with Gasteiger partial charge in [-0.1, -0.05) is 142 Å². The Morgan fingerprint density at radius 3 is 1.23 bits per heavy atom. The summed E-state index contributed by atoms with van der Waals surface area (Å²) < 4.78 is 63.8. The molecule has 2 aliphatic rings. The first-order valence-electron chi connectivity index (χ1n) is 21.6. The summed E-state index contributed by atoms with van der Waals surface area (Å²) in [4.78, 5) is 14.3. The van der Waals surface area contributed by atoms with E-state index in [2.05, 4.69) is 13.8 Å². The highest BCUT2D eigenvalue weighted by atomic mass is 19.3. The Bertz CT molecular complexity index is 1250. The topological polar surface area (TPSA) is 17.1 Å². The molecule has 2 aromatic carbocycles. The number of carbonyl (C=O) groups excluding carboxylic acids is 1. The summed E-state index contributed by atoms with van der Waals surface area (Å²) in [5.74, 6) is -5.43. The lowest BCUT2D eigenvalue weighted by molar-refractivity contribution is -0.0152. The van der Waals surface area contributed by atoms with Gasteiger partial charge < -0.3 is 0 Å². The highest BCUT2D eigenvalue weighted by Crippen LogP contribution is 2.45. The van der Waals surface area contributed by atoms with Gasteiger partial charge in [0.2, 0.25) is 0 Å². The molecule has 4 rings (SSSR count). The molecular formula is C47H70F4O. The number of ketones is 1. The summed E-state index contributed by atoms with van der Waals surface area (Å²) in [5, 5.41) is 0. The minimum Gasteiger partial charge on any atom is -0.289 e. The van der Waals surface area contributed by atoms with Crippen molar-refractivity contribution in [2.75, 3.05) is 0 Å². The van der Waals surface area contributed by atoms with Crippen LogP contribution >= 0.6 is 0 Å². The molecule has 52 heavy (non-hydrogen) atoms. The van der Waals surface area contributed by atoms with Crippen molar-refractivity contribution in [1.29, 1.82) is 0 Å². The molecule has 2 saturated carbocycles. The third-order valence-electron chi connectivity index (χ3n) is 12.6. The molecular weight excluding hydrogens is 657 g/mol. The molecule has 0 amide bonds. The van der Waals surface area contributed by atoms with E-state index in [1.807, 2.05) is 12.1 Å². The lowest BCUT2D eigenvalue weighted by Gasteiger charge is -2.30. The molecule has 0 bridgehead atoms. The van der Waals surface area contributed by atoms with Crippen molar-refractivity contribution in [2.24, 2.45) is 11.8 Å². The van der Waals surface area contributed by atoms with Crippen molar-refractivity contribution in [3.63, 3.8) is 0 Å². The second-order valence-corrected chi connectivity index (χ2v) is 16.7. The van der Waals surface area contributed by atoms with E-state index in [1.54, 1.807) is 26.0 Å². The number of carbonyl (C=O) groups is 1. The lowest BCUT2D eigenvalue weighted by atomic mass is 9.75. The second kappa shape index (κ2) is 21.1. The Morgan fingerprint density at radius 1 is 0.519 bits per heavy atom. The minimum absolute atomic E-state index is 0.135. The van der Waals surface area contributed by atoms with Gasteiger partial charge in [-0.3, -0.25) is 4.79 Å². The second-order valence-electron chi connectivity index (χ2n) is 16.7. The first kappa shape index (κ1) is 42.6. The highest BCUT2D eigenvalue weighted by molar-refractivity contribution is 6.11. The zero-order valence-corrected chi connectivity index (χ0v) is 33.2. The Labute approximate surface area is 314 Å². The molecule has 0 N–H and O–H groups in total. The number of hydrogen-bond donors (Lipinski definition) is 0. The summed E-state index contributed by atoms with van der Waals surface area (Å²) in [7, 11) is 0. The van der Waals surface area contributed by atoms with E-state index in [1.165, 1.54) is 89.2 Å². The Hall–Kier alpha value is -2.17. The lowest BCUT2D eigenvalue weighted by Crippen LogP contribution is -2.23. The number of hydrogen-bond acceptors (Lipinski definition) is 1. The van der Waals surface area contributed by atoms with Gasteiger partial charge in [0.15, 0.2) is 5.78 Å². The van der Waals surface area contributed by atoms with Gasteiger partial charge >= 0.3 is 0 Å². The summed E-state index contributed by atoms with van der Waals surface area (Å²) in [6, 6.07) is 9.81. The van der Waals surface area contributed by atoms with Gasteiger partial charge in [-0.05, 0) is 98.3 Å². The smallest absolute Gasteiger partial charge is 0.273 e. The molecule has 0 spiro atoms. The number of halogens is 4. The fraction of sp³-hybridized carbons (Fsp3) is 0.723. The molecule has 0 radical (unpaired) electrons. The first-order valence-corrected chi connectivity index (χ1v) is 21.6. The fourth-order valence-corrected chi connectivity index (χ4v) is 9.32. The van der Waals surface area contributed by atoms with Gasteiger partial charge in [0.25, 0.3) is 11.8 Å². The molecule has 2 fully saturated rings. The molecule has 0 aliphatic heterocycles. The van der Waals surface area contributed by atoms with Gasteiger partial charge in [-0.15, -0.1) is 0 Å². The van der Waals surface area contributed by atoms with Crippen molar-refractivity contribution in [2.45, 2.75) is 205 Å². The van der Waals surface area contributed by atoms with Gasteiger partial charge in [0.1, 0.15) is 0 Å². The molecule has 5 heteroatoms. The van der Waals surface area contributed by atoms with Crippen molar-refractivity contribution in [3.8, 4) is 0 Å². The van der Waals surface area contributed by atoms with Crippen LogP contribution < -0.4 is 0 Å². The Balaban J connectivity index is 1.55. The summed E-state index contributed by atoms with van der Waals surface area (Å²) in [5.41, 5.74) is 0.847. The Morgan fingerprint density at radius 2 is 0.885 bits per heavy atom. The molecule has 0 atom stereocenters. The van der Waals surface area contributed by atoms with Crippen LogP contribution in [0.3, 0.4) is 0 Å². The molecule has 292 valence electrons. The van der Waals surface area contributed by atoms with E-state index in [9.17, 15) is 4.79 Å². The predicted molar refractivity (Wildman–Crippen MR) is 210 cm³/mol. The summed E-state index contributed by atoms with van der Waals surface area (Å²) >= 11 is 0. The average molecular weight is 727 g/mol. The van der Waals surface area contributed by atoms with Crippen molar-refractivity contribution in [1.82, 2.24) is 0 Å². The van der Waals surface area contributed by atoms with E-state index >= 15 is 17.6 Å². The number of rotatable bonds is 22. The van der Waals surface area contributed by atoms with Crippen molar-refractivity contribution >= 4 is 5.78 Å². The maximum Gasteiger partial charge on any atom is 0.273 e. The zero-order chi connectivity index (χ0) is 37.6. The van der Waals surface area contributed by atoms with Crippen LogP contribution in [0.2, 0.25) is 0 Å². The quantitative estimate of drug-likeness (QED) is 0.0671. The van der Waals surface area contributed by atoms with Gasteiger partial charge in [0.05, 0.1) is 0 Å². The number of benzene rings is 2. The molecule has 0 unspecified atom stereocenters. The molecule has 1 nitrogen and oxygen atoms in total. The van der Waals surface area contributed by atoms with E-state index in [-0.39, 0.29) is 59.8 Å². The maximum atomic E-state index is 16.0. The van der Waals surface area contributed by atoms with Gasteiger partial charge in [0, 0.05) is 35.1 Å². The van der Waals surface area contributed by atoms with Crippen LogP contribution in [0.25, 0.3) is 0 Å². The van der Waals surface area contributed by atoms with Crippen molar-refractivity contribution in [3.05, 3.63) is 69.8 Å². The molecule has 0 aromatic heterocycles. The van der Waals surface area contributed by atoms with E-state index in [0.717, 1.165) is 62.5 Å². The minimum atomic E-state index is -3.23. The van der Waals surface area contributed by atoms with Crippen LogP contribution in [0.15, 0.2) is 36.4 Å². The third kappa shape index (κ3) is 11.9. The Kier molecular flexibility index (Phi) is 17.2. The summed E-state index contributed by atoms with van der Waals surface area (Å²) in [6.45, 7) is 7.89. The largest absolute Gasteiger partial charge is 0.289 e. The van der Waals surface area contributed by atoms with Crippen LogP contribution in [0.5, 0.6) is 0 Å². The normalized spacial score (nSPS) is 21.4.